The molecule has 0 atom stereocenters. The lowest BCUT2D eigenvalue weighted by Gasteiger charge is -2.07. The minimum absolute atomic E-state index is 0.188. The lowest BCUT2D eigenvalue weighted by atomic mass is 10.2. The van der Waals surface area contributed by atoms with Gasteiger partial charge < -0.3 is 10.1 Å². The average Bonchev–Trinajstić information content (AvgIpc) is 2.75. The first-order valence-corrected chi connectivity index (χ1v) is 8.62. The number of aromatic nitrogens is 1. The number of hydrazone groups is 1. The van der Waals surface area contributed by atoms with E-state index in [1.165, 1.54) is 42.9 Å². The number of pyridine rings is 1. The van der Waals surface area contributed by atoms with Crippen molar-refractivity contribution in [2.75, 3.05) is 11.9 Å². The zero-order valence-corrected chi connectivity index (χ0v) is 15.2. The molecule has 2 aromatic carbocycles. The highest BCUT2D eigenvalue weighted by Crippen LogP contribution is 2.12. The van der Waals surface area contributed by atoms with Gasteiger partial charge in [0.1, 0.15) is 11.6 Å². The first-order chi connectivity index (χ1) is 14.1. The molecule has 146 valence electrons. The molecule has 0 aliphatic rings. The molecular weight excluding hydrogens is 375 g/mol. The number of nitrogens with zero attached hydrogens (tertiary/aromatic N) is 2. The Labute approximate surface area is 166 Å². The van der Waals surface area contributed by atoms with E-state index in [1.54, 1.807) is 36.4 Å². The third kappa shape index (κ3) is 6.24. The summed E-state index contributed by atoms with van der Waals surface area (Å²) < 4.78 is 18.3. The Morgan fingerprint density at radius 1 is 1.00 bits per heavy atom. The summed E-state index contributed by atoms with van der Waals surface area (Å²) in [7, 11) is 0. The Morgan fingerprint density at radius 3 is 2.38 bits per heavy atom. The maximum atomic E-state index is 12.9. The van der Waals surface area contributed by atoms with E-state index in [2.05, 4.69) is 20.8 Å². The third-order valence-electron chi connectivity index (χ3n) is 3.70. The van der Waals surface area contributed by atoms with E-state index in [0.717, 1.165) is 5.56 Å². The largest absolute Gasteiger partial charge is 0.484 e. The monoisotopic (exact) mass is 392 g/mol. The number of halogens is 1. The predicted molar refractivity (Wildman–Crippen MR) is 106 cm³/mol. The highest BCUT2D eigenvalue weighted by molar-refractivity contribution is 5.94. The van der Waals surface area contributed by atoms with Crippen LogP contribution in [0.1, 0.15) is 15.9 Å². The van der Waals surface area contributed by atoms with E-state index in [0.29, 0.717) is 17.0 Å². The maximum Gasteiger partial charge on any atom is 0.271 e. The molecule has 7 nitrogen and oxygen atoms in total. The van der Waals surface area contributed by atoms with E-state index >= 15 is 0 Å². The second-order valence-electron chi connectivity index (χ2n) is 5.85. The molecule has 0 unspecified atom stereocenters. The molecule has 3 rings (SSSR count). The first kappa shape index (κ1) is 19.7. The van der Waals surface area contributed by atoms with Crippen molar-refractivity contribution in [3.8, 4) is 5.75 Å². The molecule has 0 bridgehead atoms. The molecule has 3 aromatic rings. The summed E-state index contributed by atoms with van der Waals surface area (Å²) in [4.78, 5) is 27.6. The van der Waals surface area contributed by atoms with Gasteiger partial charge in [0.05, 0.1) is 6.21 Å². The van der Waals surface area contributed by atoms with Gasteiger partial charge in [0.25, 0.3) is 11.8 Å². The van der Waals surface area contributed by atoms with Gasteiger partial charge in [-0.05, 0) is 66.2 Å². The molecule has 8 heteroatoms. The van der Waals surface area contributed by atoms with Gasteiger partial charge in [0, 0.05) is 23.6 Å². The summed E-state index contributed by atoms with van der Waals surface area (Å²) in [6.45, 7) is -0.188. The van der Waals surface area contributed by atoms with Gasteiger partial charge in [-0.1, -0.05) is 0 Å². The Morgan fingerprint density at radius 2 is 1.69 bits per heavy atom. The zero-order valence-electron chi connectivity index (χ0n) is 15.2. The van der Waals surface area contributed by atoms with E-state index < -0.39 is 0 Å². The Hall–Kier alpha value is -4.07. The summed E-state index contributed by atoms with van der Waals surface area (Å²) in [6.07, 6.45) is 4.54. The van der Waals surface area contributed by atoms with Gasteiger partial charge in [-0.15, -0.1) is 0 Å². The molecule has 29 heavy (non-hydrogen) atoms. The number of hydrogen-bond donors (Lipinski definition) is 2. The van der Waals surface area contributed by atoms with Crippen molar-refractivity contribution in [3.63, 3.8) is 0 Å². The normalized spacial score (nSPS) is 10.5. The minimum atomic E-state index is -0.375. The Bertz CT molecular complexity index is 991. The minimum Gasteiger partial charge on any atom is -0.484 e. The number of carbonyl (C=O) groups is 2. The van der Waals surface area contributed by atoms with Crippen LogP contribution in [-0.2, 0) is 4.79 Å². The molecule has 1 aromatic heterocycles. The number of benzene rings is 2. The topological polar surface area (TPSA) is 92.7 Å². The van der Waals surface area contributed by atoms with Crippen LogP contribution in [0, 0.1) is 5.82 Å². The highest BCUT2D eigenvalue weighted by Gasteiger charge is 2.05. The smallest absolute Gasteiger partial charge is 0.271 e. The quantitative estimate of drug-likeness (QED) is 0.478. The zero-order chi connectivity index (χ0) is 20.5. The van der Waals surface area contributed by atoms with E-state index in [4.69, 9.17) is 4.74 Å². The summed E-state index contributed by atoms with van der Waals surface area (Å²) in [5, 5.41) is 6.51. The Balaban J connectivity index is 1.45. The molecule has 0 radical (unpaired) electrons. The van der Waals surface area contributed by atoms with Crippen LogP contribution >= 0.6 is 0 Å². The van der Waals surface area contributed by atoms with Gasteiger partial charge in [-0.2, -0.15) is 5.10 Å². The molecule has 0 fully saturated rings. The molecule has 0 saturated heterocycles. The van der Waals surface area contributed by atoms with Crippen molar-refractivity contribution in [1.29, 1.82) is 0 Å². The van der Waals surface area contributed by atoms with Crippen molar-refractivity contribution < 1.29 is 18.7 Å². The van der Waals surface area contributed by atoms with E-state index in [9.17, 15) is 14.0 Å². The molecule has 0 aliphatic carbocycles. The number of hydrogen-bond acceptors (Lipinski definition) is 5. The van der Waals surface area contributed by atoms with Crippen molar-refractivity contribution in [2.45, 2.75) is 0 Å². The van der Waals surface area contributed by atoms with Gasteiger partial charge >= 0.3 is 0 Å². The van der Waals surface area contributed by atoms with Crippen molar-refractivity contribution in [3.05, 3.63) is 90.0 Å². The van der Waals surface area contributed by atoms with Gasteiger partial charge in [-0.25, -0.2) is 9.82 Å². The lowest BCUT2D eigenvalue weighted by Crippen LogP contribution is -2.20. The number of amides is 2. The van der Waals surface area contributed by atoms with E-state index in [1.807, 2.05) is 0 Å². The van der Waals surface area contributed by atoms with Crippen molar-refractivity contribution in [2.24, 2.45) is 5.10 Å². The summed E-state index contributed by atoms with van der Waals surface area (Å²) in [5.41, 5.74) is 4.11. The second-order valence-corrected chi connectivity index (χ2v) is 5.85. The standard InChI is InChI=1S/C21H17FN4O3/c22-17-3-5-18(6-4-17)25-20(27)14-29-19-7-1-15(2-8-19)13-24-26-21(28)16-9-11-23-12-10-16/h1-13H,14H2,(H,25,27)(H,26,28)/b24-13+. The fourth-order valence-corrected chi connectivity index (χ4v) is 2.26. The highest BCUT2D eigenvalue weighted by atomic mass is 19.1. The van der Waals surface area contributed by atoms with Crippen LogP contribution in [0.4, 0.5) is 10.1 Å². The molecule has 0 saturated carbocycles. The number of ether oxygens (including phenoxy) is 1. The van der Waals surface area contributed by atoms with Crippen LogP contribution in [-0.4, -0.2) is 29.6 Å². The van der Waals surface area contributed by atoms with Crippen LogP contribution in [0.2, 0.25) is 0 Å². The summed E-state index contributed by atoms with van der Waals surface area (Å²) in [5.74, 6) is -0.575. The predicted octanol–water partition coefficient (Wildman–Crippen LogP) is 3.00. The van der Waals surface area contributed by atoms with Gasteiger partial charge in [0.2, 0.25) is 0 Å². The lowest BCUT2D eigenvalue weighted by molar-refractivity contribution is -0.118. The second kappa shape index (κ2) is 9.75. The fraction of sp³-hybridized carbons (Fsp3) is 0.0476. The number of carbonyl (C=O) groups excluding carboxylic acids is 2. The van der Waals surface area contributed by atoms with Crippen LogP contribution in [0.5, 0.6) is 5.75 Å². The van der Waals surface area contributed by atoms with Crippen molar-refractivity contribution >= 4 is 23.7 Å². The van der Waals surface area contributed by atoms with Gasteiger partial charge in [-0.3, -0.25) is 14.6 Å². The maximum absolute atomic E-state index is 12.9. The number of anilines is 1. The number of nitrogens with one attached hydrogen (secondary N) is 2. The van der Waals surface area contributed by atoms with Crippen LogP contribution < -0.4 is 15.5 Å². The third-order valence-corrected chi connectivity index (χ3v) is 3.70. The van der Waals surface area contributed by atoms with Crippen LogP contribution in [0.15, 0.2) is 78.2 Å². The molecule has 1 heterocycles. The van der Waals surface area contributed by atoms with Gasteiger partial charge in [0.15, 0.2) is 6.61 Å². The molecular formula is C21H17FN4O3. The van der Waals surface area contributed by atoms with Crippen LogP contribution in [0.3, 0.4) is 0 Å². The fourth-order valence-electron chi connectivity index (χ4n) is 2.26. The average molecular weight is 392 g/mol. The molecule has 0 aliphatic heterocycles. The van der Waals surface area contributed by atoms with E-state index in [-0.39, 0.29) is 24.2 Å². The number of rotatable bonds is 7. The SMILES string of the molecule is O=C(COc1ccc(/C=N/NC(=O)c2ccncc2)cc1)Nc1ccc(F)cc1. The molecule has 2 N–H and O–H groups in total. The summed E-state index contributed by atoms with van der Waals surface area (Å²) >= 11 is 0. The first-order valence-electron chi connectivity index (χ1n) is 8.62. The molecule has 0 spiro atoms. The van der Waals surface area contributed by atoms with Crippen molar-refractivity contribution in [1.82, 2.24) is 10.4 Å². The summed E-state index contributed by atoms with van der Waals surface area (Å²) in [6, 6.07) is 15.4. The van der Waals surface area contributed by atoms with Crippen LogP contribution in [0.25, 0.3) is 0 Å². The Kier molecular flexibility index (Phi) is 6.62. The molecule has 2 amide bonds.